The minimum atomic E-state index is -0.201. The maximum Gasteiger partial charge on any atom is 0.275 e. The molecule has 0 atom stereocenters. The van der Waals surface area contributed by atoms with Gasteiger partial charge in [-0.05, 0) is 37.6 Å². The van der Waals surface area contributed by atoms with Crippen molar-refractivity contribution in [3.8, 4) is 10.6 Å². The zero-order chi connectivity index (χ0) is 15.5. The number of aryl methyl sites for hydroxylation is 2. The van der Waals surface area contributed by atoms with Crippen LogP contribution >= 0.6 is 11.3 Å². The Balaban J connectivity index is 1.80. The van der Waals surface area contributed by atoms with Gasteiger partial charge in [0, 0.05) is 29.0 Å². The highest BCUT2D eigenvalue weighted by atomic mass is 32.1. The molecular formula is C17H15N3OS. The number of carbonyl (C=O) groups excluding carboxylic acids is 1. The van der Waals surface area contributed by atoms with Crippen LogP contribution in [0, 0.1) is 13.8 Å². The van der Waals surface area contributed by atoms with E-state index in [1.807, 2.05) is 44.2 Å². The van der Waals surface area contributed by atoms with Gasteiger partial charge in [0.2, 0.25) is 0 Å². The van der Waals surface area contributed by atoms with Gasteiger partial charge in [-0.3, -0.25) is 9.78 Å². The van der Waals surface area contributed by atoms with Gasteiger partial charge in [-0.15, -0.1) is 11.3 Å². The molecule has 0 saturated heterocycles. The van der Waals surface area contributed by atoms with Gasteiger partial charge in [0.15, 0.2) is 0 Å². The van der Waals surface area contributed by atoms with Crippen LogP contribution < -0.4 is 5.32 Å². The summed E-state index contributed by atoms with van der Waals surface area (Å²) in [5, 5.41) is 5.43. The Morgan fingerprint density at radius 1 is 1.14 bits per heavy atom. The van der Waals surface area contributed by atoms with Crippen molar-refractivity contribution in [1.29, 1.82) is 0 Å². The van der Waals surface area contributed by atoms with Gasteiger partial charge in [0.1, 0.15) is 10.7 Å². The van der Waals surface area contributed by atoms with Gasteiger partial charge in [-0.2, -0.15) is 0 Å². The summed E-state index contributed by atoms with van der Waals surface area (Å²) < 4.78 is 0. The van der Waals surface area contributed by atoms with E-state index in [4.69, 9.17) is 0 Å². The lowest BCUT2D eigenvalue weighted by molar-refractivity contribution is 0.102. The summed E-state index contributed by atoms with van der Waals surface area (Å²) in [5.41, 5.74) is 4.39. The summed E-state index contributed by atoms with van der Waals surface area (Å²) in [6, 6.07) is 9.61. The number of aromatic nitrogens is 2. The first-order valence-electron chi connectivity index (χ1n) is 6.88. The maximum absolute atomic E-state index is 12.2. The van der Waals surface area contributed by atoms with Crippen molar-refractivity contribution in [1.82, 2.24) is 9.97 Å². The summed E-state index contributed by atoms with van der Waals surface area (Å²) in [5.74, 6) is -0.201. The molecule has 0 aliphatic carbocycles. The van der Waals surface area contributed by atoms with Crippen LogP contribution in [0.5, 0.6) is 0 Å². The molecule has 0 saturated carbocycles. The number of anilines is 1. The van der Waals surface area contributed by atoms with E-state index in [0.717, 1.165) is 27.4 Å². The predicted molar refractivity (Wildman–Crippen MR) is 89.2 cm³/mol. The lowest BCUT2D eigenvalue weighted by Crippen LogP contribution is -2.12. The molecule has 0 aliphatic rings. The molecule has 1 amide bonds. The molecule has 2 aromatic heterocycles. The zero-order valence-electron chi connectivity index (χ0n) is 12.3. The van der Waals surface area contributed by atoms with Crippen molar-refractivity contribution >= 4 is 22.9 Å². The quantitative estimate of drug-likeness (QED) is 0.793. The summed E-state index contributed by atoms with van der Waals surface area (Å²) in [7, 11) is 0. The average molecular weight is 309 g/mol. The van der Waals surface area contributed by atoms with Gasteiger partial charge < -0.3 is 5.32 Å². The van der Waals surface area contributed by atoms with Crippen molar-refractivity contribution in [2.75, 3.05) is 5.32 Å². The van der Waals surface area contributed by atoms with Crippen LogP contribution in [0.4, 0.5) is 5.69 Å². The topological polar surface area (TPSA) is 54.9 Å². The molecule has 110 valence electrons. The number of benzene rings is 1. The third kappa shape index (κ3) is 3.04. The number of pyridine rings is 1. The third-order valence-corrected chi connectivity index (χ3v) is 4.19. The van der Waals surface area contributed by atoms with E-state index < -0.39 is 0 Å². The van der Waals surface area contributed by atoms with Crippen molar-refractivity contribution in [3.05, 3.63) is 64.9 Å². The van der Waals surface area contributed by atoms with Gasteiger partial charge >= 0.3 is 0 Å². The molecule has 0 unspecified atom stereocenters. The van der Waals surface area contributed by atoms with Gasteiger partial charge in [0.25, 0.3) is 5.91 Å². The van der Waals surface area contributed by atoms with Crippen molar-refractivity contribution in [2.45, 2.75) is 13.8 Å². The highest BCUT2D eigenvalue weighted by molar-refractivity contribution is 7.13. The number of rotatable bonds is 3. The first-order chi connectivity index (χ1) is 10.6. The van der Waals surface area contributed by atoms with Crippen LogP contribution in [-0.2, 0) is 0 Å². The van der Waals surface area contributed by atoms with Crippen LogP contribution in [0.3, 0.4) is 0 Å². The standard InChI is InChI=1S/C17H15N3OS/c1-11-3-5-13(6-4-11)19-16(21)15-10-22-17(20-15)14-9-18-8-7-12(14)2/h3-10H,1-2H3,(H,19,21). The molecule has 3 rings (SSSR count). The van der Waals surface area contributed by atoms with Crippen molar-refractivity contribution in [3.63, 3.8) is 0 Å². The Kier molecular flexibility index (Phi) is 3.98. The van der Waals surface area contributed by atoms with Gasteiger partial charge in [-0.25, -0.2) is 4.98 Å². The number of amides is 1. The molecule has 2 heterocycles. The van der Waals surface area contributed by atoms with Crippen LogP contribution in [0.15, 0.2) is 48.1 Å². The van der Waals surface area contributed by atoms with Gasteiger partial charge in [0.05, 0.1) is 0 Å². The Morgan fingerprint density at radius 2 is 1.91 bits per heavy atom. The second-order valence-corrected chi connectivity index (χ2v) is 5.91. The number of nitrogens with zero attached hydrogens (tertiary/aromatic N) is 2. The van der Waals surface area contributed by atoms with E-state index in [1.54, 1.807) is 17.8 Å². The maximum atomic E-state index is 12.2. The first-order valence-corrected chi connectivity index (χ1v) is 7.76. The molecular weight excluding hydrogens is 294 g/mol. The summed E-state index contributed by atoms with van der Waals surface area (Å²) in [6.07, 6.45) is 3.52. The van der Waals surface area contributed by atoms with E-state index in [-0.39, 0.29) is 5.91 Å². The Morgan fingerprint density at radius 3 is 2.64 bits per heavy atom. The van der Waals surface area contributed by atoms with Crippen molar-refractivity contribution < 1.29 is 4.79 Å². The molecule has 5 heteroatoms. The van der Waals surface area contributed by atoms with Crippen molar-refractivity contribution in [2.24, 2.45) is 0 Å². The second kappa shape index (κ2) is 6.07. The van der Waals surface area contributed by atoms with Crippen LogP contribution in [0.2, 0.25) is 0 Å². The predicted octanol–water partition coefficient (Wildman–Crippen LogP) is 4.07. The molecule has 4 nitrogen and oxygen atoms in total. The molecule has 3 aromatic rings. The lowest BCUT2D eigenvalue weighted by atomic mass is 10.2. The van der Waals surface area contributed by atoms with E-state index in [1.165, 1.54) is 11.3 Å². The van der Waals surface area contributed by atoms with Crippen LogP contribution in [0.1, 0.15) is 21.6 Å². The number of nitrogens with one attached hydrogen (secondary N) is 1. The smallest absolute Gasteiger partial charge is 0.275 e. The Hall–Kier alpha value is -2.53. The lowest BCUT2D eigenvalue weighted by Gasteiger charge is -2.03. The third-order valence-electron chi connectivity index (χ3n) is 3.32. The Labute approximate surface area is 132 Å². The molecule has 1 aromatic carbocycles. The number of carbonyl (C=O) groups is 1. The average Bonchev–Trinajstić information content (AvgIpc) is 3.00. The molecule has 0 aliphatic heterocycles. The number of hydrogen-bond donors (Lipinski definition) is 1. The highest BCUT2D eigenvalue weighted by Gasteiger charge is 2.13. The molecule has 0 fully saturated rings. The highest BCUT2D eigenvalue weighted by Crippen LogP contribution is 2.26. The monoisotopic (exact) mass is 309 g/mol. The normalized spacial score (nSPS) is 10.5. The molecule has 22 heavy (non-hydrogen) atoms. The summed E-state index contributed by atoms with van der Waals surface area (Å²) >= 11 is 1.45. The molecule has 1 N–H and O–H groups in total. The van der Waals surface area contributed by atoms with Crippen LogP contribution in [-0.4, -0.2) is 15.9 Å². The largest absolute Gasteiger partial charge is 0.321 e. The first kappa shape index (κ1) is 14.4. The Bertz CT molecular complexity index is 809. The van der Waals surface area contributed by atoms with E-state index in [0.29, 0.717) is 5.69 Å². The van der Waals surface area contributed by atoms with E-state index >= 15 is 0 Å². The van der Waals surface area contributed by atoms with Gasteiger partial charge in [-0.1, -0.05) is 17.7 Å². The number of hydrogen-bond acceptors (Lipinski definition) is 4. The molecule has 0 bridgehead atoms. The fourth-order valence-corrected chi connectivity index (χ4v) is 2.90. The van der Waals surface area contributed by atoms with E-state index in [9.17, 15) is 4.79 Å². The molecule has 0 spiro atoms. The van der Waals surface area contributed by atoms with Crippen LogP contribution in [0.25, 0.3) is 10.6 Å². The fourth-order valence-electron chi connectivity index (χ4n) is 2.02. The SMILES string of the molecule is Cc1ccc(NC(=O)c2csc(-c3cnccc3C)n2)cc1. The summed E-state index contributed by atoms with van der Waals surface area (Å²) in [6.45, 7) is 4.01. The zero-order valence-corrected chi connectivity index (χ0v) is 13.1. The number of thiazole rings is 1. The molecule has 0 radical (unpaired) electrons. The minimum absolute atomic E-state index is 0.201. The summed E-state index contributed by atoms with van der Waals surface area (Å²) in [4.78, 5) is 20.8. The fraction of sp³-hybridized carbons (Fsp3) is 0.118. The minimum Gasteiger partial charge on any atom is -0.321 e. The second-order valence-electron chi connectivity index (χ2n) is 5.05. The van der Waals surface area contributed by atoms with E-state index in [2.05, 4.69) is 15.3 Å².